The van der Waals surface area contributed by atoms with Crippen LogP contribution >= 0.6 is 0 Å². The summed E-state index contributed by atoms with van der Waals surface area (Å²) in [7, 11) is -3.77. The van der Waals surface area contributed by atoms with Gasteiger partial charge in [0.15, 0.2) is 0 Å². The third-order valence-electron chi connectivity index (χ3n) is 3.93. The van der Waals surface area contributed by atoms with Crippen LogP contribution in [0.15, 0.2) is 42.5 Å². The third-order valence-corrected chi connectivity index (χ3v) is 4.96. The van der Waals surface area contributed by atoms with Crippen LogP contribution in [0.25, 0.3) is 0 Å². The predicted molar refractivity (Wildman–Crippen MR) is 85.2 cm³/mol. The molecule has 0 amide bonds. The quantitative estimate of drug-likeness (QED) is 0.900. The lowest BCUT2D eigenvalue weighted by molar-refractivity contribution is -0.137. The largest absolute Gasteiger partial charge is 0.457 e. The molecule has 0 unspecified atom stereocenters. The van der Waals surface area contributed by atoms with Gasteiger partial charge in [-0.2, -0.15) is 25.9 Å². The number of hydrogen-bond donors (Lipinski definition) is 1. The highest BCUT2D eigenvalue weighted by molar-refractivity contribution is 7.86. The Balaban J connectivity index is 1.79. The van der Waals surface area contributed by atoms with E-state index in [0.29, 0.717) is 18.7 Å². The zero-order valence-corrected chi connectivity index (χ0v) is 13.8. The SMILES string of the molecule is NS(=O)(=O)N1CCc2ccc(Oc3ccc(C(F)(F)F)cc3)cc2C1. The number of fused-ring (bicyclic) bond motifs is 1. The summed E-state index contributed by atoms with van der Waals surface area (Å²) in [6.07, 6.45) is -3.87. The minimum absolute atomic E-state index is 0.137. The van der Waals surface area contributed by atoms with E-state index in [-0.39, 0.29) is 12.3 Å². The lowest BCUT2D eigenvalue weighted by atomic mass is 10.0. The first-order chi connectivity index (χ1) is 11.6. The molecular weight excluding hydrogens is 357 g/mol. The van der Waals surface area contributed by atoms with Crippen molar-refractivity contribution in [1.29, 1.82) is 0 Å². The molecule has 25 heavy (non-hydrogen) atoms. The molecule has 5 nitrogen and oxygen atoms in total. The van der Waals surface area contributed by atoms with E-state index in [1.54, 1.807) is 12.1 Å². The summed E-state index contributed by atoms with van der Waals surface area (Å²) in [5, 5.41) is 5.15. The summed E-state index contributed by atoms with van der Waals surface area (Å²) in [4.78, 5) is 0. The number of rotatable bonds is 3. The van der Waals surface area contributed by atoms with Crippen molar-refractivity contribution in [3.8, 4) is 11.5 Å². The maximum absolute atomic E-state index is 12.6. The molecule has 2 aromatic rings. The molecule has 0 saturated heterocycles. The van der Waals surface area contributed by atoms with Crippen LogP contribution in [0.5, 0.6) is 11.5 Å². The molecule has 0 fully saturated rings. The topological polar surface area (TPSA) is 72.6 Å². The van der Waals surface area contributed by atoms with Gasteiger partial charge in [0.2, 0.25) is 0 Å². The van der Waals surface area contributed by atoms with E-state index in [2.05, 4.69) is 0 Å². The summed E-state index contributed by atoms with van der Waals surface area (Å²) in [6, 6.07) is 9.54. The van der Waals surface area contributed by atoms with Gasteiger partial charge in [-0.1, -0.05) is 6.07 Å². The average Bonchev–Trinajstić information content (AvgIpc) is 2.53. The van der Waals surface area contributed by atoms with E-state index in [9.17, 15) is 21.6 Å². The van der Waals surface area contributed by atoms with Crippen LogP contribution in [-0.2, 0) is 29.4 Å². The molecule has 0 spiro atoms. The summed E-state index contributed by atoms with van der Waals surface area (Å²) in [6.45, 7) is 0.448. The molecule has 0 bridgehead atoms. The fourth-order valence-corrected chi connectivity index (χ4v) is 3.30. The first kappa shape index (κ1) is 17.7. The maximum Gasteiger partial charge on any atom is 0.416 e. The maximum atomic E-state index is 12.6. The van der Waals surface area contributed by atoms with Crippen LogP contribution in [-0.4, -0.2) is 19.3 Å². The van der Waals surface area contributed by atoms with Crippen LogP contribution in [0.2, 0.25) is 0 Å². The van der Waals surface area contributed by atoms with Crippen molar-refractivity contribution in [3.63, 3.8) is 0 Å². The Morgan fingerprint density at radius 2 is 1.64 bits per heavy atom. The molecule has 0 aromatic heterocycles. The molecule has 134 valence electrons. The van der Waals surface area contributed by atoms with Gasteiger partial charge in [-0.3, -0.25) is 0 Å². The van der Waals surface area contributed by atoms with E-state index >= 15 is 0 Å². The minimum Gasteiger partial charge on any atom is -0.457 e. The highest BCUT2D eigenvalue weighted by Crippen LogP contribution is 2.32. The Morgan fingerprint density at radius 1 is 1.00 bits per heavy atom. The third kappa shape index (κ3) is 4.12. The van der Waals surface area contributed by atoms with Crippen LogP contribution in [0.4, 0.5) is 13.2 Å². The van der Waals surface area contributed by atoms with E-state index in [1.807, 2.05) is 6.07 Å². The minimum atomic E-state index is -4.40. The molecule has 0 radical (unpaired) electrons. The molecule has 1 aliphatic rings. The molecule has 2 aromatic carbocycles. The van der Waals surface area contributed by atoms with Crippen molar-refractivity contribution in [2.45, 2.75) is 19.1 Å². The Kier molecular flexibility index (Phi) is 4.48. The number of nitrogens with zero attached hydrogens (tertiary/aromatic N) is 1. The zero-order chi connectivity index (χ0) is 18.2. The lowest BCUT2D eigenvalue weighted by Crippen LogP contribution is -2.40. The average molecular weight is 372 g/mol. The first-order valence-corrected chi connectivity index (χ1v) is 8.88. The van der Waals surface area contributed by atoms with E-state index in [4.69, 9.17) is 9.88 Å². The number of alkyl halides is 3. The van der Waals surface area contributed by atoms with Crippen molar-refractivity contribution in [2.75, 3.05) is 6.54 Å². The number of halogens is 3. The second-order valence-electron chi connectivity index (χ2n) is 5.68. The second-order valence-corrected chi connectivity index (χ2v) is 7.23. The van der Waals surface area contributed by atoms with Crippen molar-refractivity contribution in [1.82, 2.24) is 4.31 Å². The summed E-state index contributed by atoms with van der Waals surface area (Å²) in [5.41, 5.74) is 0.985. The monoisotopic (exact) mass is 372 g/mol. The fraction of sp³-hybridized carbons (Fsp3) is 0.250. The highest BCUT2D eigenvalue weighted by atomic mass is 32.2. The van der Waals surface area contributed by atoms with Crippen molar-refractivity contribution >= 4 is 10.2 Å². The fourth-order valence-electron chi connectivity index (χ4n) is 2.64. The Morgan fingerprint density at radius 3 is 2.24 bits per heavy atom. The first-order valence-electron chi connectivity index (χ1n) is 7.38. The van der Waals surface area contributed by atoms with Gasteiger partial charge in [0, 0.05) is 13.1 Å². The van der Waals surface area contributed by atoms with E-state index in [1.165, 1.54) is 12.1 Å². The molecule has 2 N–H and O–H groups in total. The van der Waals surface area contributed by atoms with Gasteiger partial charge in [-0.15, -0.1) is 0 Å². The molecule has 0 aliphatic carbocycles. The van der Waals surface area contributed by atoms with Crippen LogP contribution in [0.3, 0.4) is 0 Å². The molecule has 3 rings (SSSR count). The Bertz CT molecular complexity index is 880. The summed E-state index contributed by atoms with van der Waals surface area (Å²) in [5.74, 6) is 0.668. The van der Waals surface area contributed by atoms with Gasteiger partial charge >= 0.3 is 6.18 Å². The lowest BCUT2D eigenvalue weighted by Gasteiger charge is -2.26. The van der Waals surface area contributed by atoms with Gasteiger partial charge in [-0.25, -0.2) is 5.14 Å². The van der Waals surface area contributed by atoms with Crippen LogP contribution in [0, 0.1) is 0 Å². The van der Waals surface area contributed by atoms with Gasteiger partial charge in [-0.05, 0) is 53.9 Å². The highest BCUT2D eigenvalue weighted by Gasteiger charge is 2.30. The van der Waals surface area contributed by atoms with E-state index < -0.39 is 21.9 Å². The normalized spacial score (nSPS) is 15.7. The number of ether oxygens (including phenoxy) is 1. The van der Waals surface area contributed by atoms with Crippen molar-refractivity contribution < 1.29 is 26.3 Å². The molecular formula is C16H15F3N2O3S. The van der Waals surface area contributed by atoms with E-state index in [0.717, 1.165) is 27.6 Å². The number of hydrogen-bond acceptors (Lipinski definition) is 3. The second kappa shape index (κ2) is 6.32. The van der Waals surface area contributed by atoms with Crippen molar-refractivity contribution in [2.24, 2.45) is 5.14 Å². The molecule has 1 heterocycles. The Hall–Kier alpha value is -2.10. The van der Waals surface area contributed by atoms with Gasteiger partial charge < -0.3 is 4.74 Å². The summed E-state index contributed by atoms with van der Waals surface area (Å²) < 4.78 is 67.4. The Labute approximate surface area is 143 Å². The zero-order valence-electron chi connectivity index (χ0n) is 13.0. The number of nitrogens with two attached hydrogens (primary N) is 1. The van der Waals surface area contributed by atoms with Crippen LogP contribution < -0.4 is 9.88 Å². The smallest absolute Gasteiger partial charge is 0.416 e. The molecule has 0 atom stereocenters. The van der Waals surface area contributed by atoms with Crippen molar-refractivity contribution in [3.05, 3.63) is 59.2 Å². The molecule has 0 saturated carbocycles. The predicted octanol–water partition coefficient (Wildman–Crippen LogP) is 3.06. The molecule has 9 heteroatoms. The summed E-state index contributed by atoms with van der Waals surface area (Å²) >= 11 is 0. The van der Waals surface area contributed by atoms with Crippen LogP contribution in [0.1, 0.15) is 16.7 Å². The standard InChI is InChI=1S/C16H15F3N2O3S/c17-16(18,19)13-2-5-14(6-3-13)24-15-4-1-11-7-8-21(25(20,22)23)10-12(11)9-15/h1-6,9H,7-8,10H2,(H2,20,22,23). The molecule has 1 aliphatic heterocycles. The van der Waals surface area contributed by atoms with Gasteiger partial charge in [0.1, 0.15) is 11.5 Å². The number of benzene rings is 2. The van der Waals surface area contributed by atoms with Gasteiger partial charge in [0.05, 0.1) is 5.56 Å². The van der Waals surface area contributed by atoms with Gasteiger partial charge in [0.25, 0.3) is 10.2 Å².